The zero-order chi connectivity index (χ0) is 9.42. The number of benzene rings is 1. The van der Waals surface area contributed by atoms with Crippen LogP contribution in [-0.2, 0) is 0 Å². The smallest absolute Gasteiger partial charge is 0.134 e. The lowest BCUT2D eigenvalue weighted by atomic mass is 10.2. The molecular weight excluding hydrogens is 209 g/mol. The lowest BCUT2D eigenvalue weighted by Crippen LogP contribution is -1.80. The molecular formula is C9H5Cl2NO. The molecule has 1 aromatic heterocycles. The first-order valence-electron chi connectivity index (χ1n) is 3.61. The van der Waals surface area contributed by atoms with Gasteiger partial charge in [-0.2, -0.15) is 0 Å². The van der Waals surface area contributed by atoms with E-state index >= 15 is 0 Å². The summed E-state index contributed by atoms with van der Waals surface area (Å²) >= 11 is 11.8. The Kier molecular flexibility index (Phi) is 2.02. The highest BCUT2D eigenvalue weighted by Gasteiger charge is 2.04. The normalized spacial score (nSPS) is 10.6. The second-order valence-electron chi connectivity index (χ2n) is 2.62. The highest BCUT2D eigenvalue weighted by Crippen LogP contribution is 2.29. The molecule has 66 valence electrons. The Morgan fingerprint density at radius 1 is 1.15 bits per heavy atom. The lowest BCUT2D eigenvalue weighted by molar-refractivity contribution is 0.474. The topological polar surface area (TPSA) is 33.1 Å². The standard InChI is InChI=1S/C9H5Cl2NO/c10-7-1-2-8(11)9-6(7)3-5(13)4-12-9/h1-4,13H. The Hall–Kier alpha value is -0.990. The molecule has 1 aromatic carbocycles. The van der Waals surface area contributed by atoms with Gasteiger partial charge in [0, 0.05) is 5.39 Å². The summed E-state index contributed by atoms with van der Waals surface area (Å²) < 4.78 is 0. The Morgan fingerprint density at radius 3 is 2.62 bits per heavy atom. The highest BCUT2D eigenvalue weighted by molar-refractivity contribution is 6.39. The van der Waals surface area contributed by atoms with Crippen LogP contribution in [0, 0.1) is 0 Å². The number of rotatable bonds is 0. The molecule has 0 unspecified atom stereocenters. The number of aromatic nitrogens is 1. The van der Waals surface area contributed by atoms with Crippen molar-refractivity contribution in [2.24, 2.45) is 0 Å². The van der Waals surface area contributed by atoms with Crippen molar-refractivity contribution in [1.82, 2.24) is 4.98 Å². The summed E-state index contributed by atoms with van der Waals surface area (Å²) in [4.78, 5) is 3.97. The van der Waals surface area contributed by atoms with E-state index in [1.54, 1.807) is 12.1 Å². The van der Waals surface area contributed by atoms with Crippen LogP contribution in [0.15, 0.2) is 24.4 Å². The van der Waals surface area contributed by atoms with E-state index in [1.165, 1.54) is 12.3 Å². The average Bonchev–Trinajstić information content (AvgIpc) is 2.12. The monoisotopic (exact) mass is 213 g/mol. The Bertz CT molecular complexity index is 470. The van der Waals surface area contributed by atoms with Gasteiger partial charge >= 0.3 is 0 Å². The van der Waals surface area contributed by atoms with Crippen molar-refractivity contribution < 1.29 is 5.11 Å². The van der Waals surface area contributed by atoms with Crippen LogP contribution in [0.25, 0.3) is 10.9 Å². The molecule has 0 aliphatic carbocycles. The molecule has 4 heteroatoms. The van der Waals surface area contributed by atoms with Crippen LogP contribution in [0.2, 0.25) is 10.0 Å². The summed E-state index contributed by atoms with van der Waals surface area (Å²) in [6.07, 6.45) is 1.34. The van der Waals surface area contributed by atoms with Crippen molar-refractivity contribution in [2.45, 2.75) is 0 Å². The minimum atomic E-state index is 0.0802. The fraction of sp³-hybridized carbons (Fsp3) is 0. The highest BCUT2D eigenvalue weighted by atomic mass is 35.5. The van der Waals surface area contributed by atoms with Gasteiger partial charge in [-0.3, -0.25) is 4.98 Å². The fourth-order valence-electron chi connectivity index (χ4n) is 1.14. The minimum absolute atomic E-state index is 0.0802. The molecule has 2 rings (SSSR count). The zero-order valence-corrected chi connectivity index (χ0v) is 7.97. The number of nitrogens with zero attached hydrogens (tertiary/aromatic N) is 1. The van der Waals surface area contributed by atoms with Crippen molar-refractivity contribution in [1.29, 1.82) is 0 Å². The van der Waals surface area contributed by atoms with E-state index in [9.17, 15) is 5.11 Å². The summed E-state index contributed by atoms with van der Waals surface area (Å²) in [5.74, 6) is 0.0802. The fourth-order valence-corrected chi connectivity index (χ4v) is 1.56. The predicted molar refractivity (Wildman–Crippen MR) is 53.4 cm³/mol. The second kappa shape index (κ2) is 3.05. The van der Waals surface area contributed by atoms with Gasteiger partial charge in [-0.1, -0.05) is 23.2 Å². The van der Waals surface area contributed by atoms with Gasteiger partial charge in [0.1, 0.15) is 5.75 Å². The summed E-state index contributed by atoms with van der Waals surface area (Å²) in [5, 5.41) is 10.9. The molecule has 0 saturated heterocycles. The summed E-state index contributed by atoms with van der Waals surface area (Å²) in [6, 6.07) is 4.89. The van der Waals surface area contributed by atoms with Crippen LogP contribution in [0.1, 0.15) is 0 Å². The Morgan fingerprint density at radius 2 is 1.85 bits per heavy atom. The first-order chi connectivity index (χ1) is 6.18. The Balaban J connectivity index is 2.92. The van der Waals surface area contributed by atoms with Gasteiger partial charge in [0.05, 0.1) is 21.8 Å². The molecule has 0 aliphatic heterocycles. The quantitative estimate of drug-likeness (QED) is 0.730. The SMILES string of the molecule is Oc1cnc2c(Cl)ccc(Cl)c2c1. The lowest BCUT2D eigenvalue weighted by Gasteiger charge is -2.01. The van der Waals surface area contributed by atoms with E-state index in [2.05, 4.69) is 4.98 Å². The molecule has 0 spiro atoms. The van der Waals surface area contributed by atoms with Crippen molar-refractivity contribution in [3.05, 3.63) is 34.4 Å². The molecule has 0 amide bonds. The van der Waals surface area contributed by atoms with Crippen LogP contribution >= 0.6 is 23.2 Å². The van der Waals surface area contributed by atoms with E-state index in [4.69, 9.17) is 23.2 Å². The summed E-state index contributed by atoms with van der Waals surface area (Å²) in [7, 11) is 0. The van der Waals surface area contributed by atoms with Crippen molar-refractivity contribution in [3.8, 4) is 5.75 Å². The number of fused-ring (bicyclic) bond motifs is 1. The Labute approximate surface area is 84.7 Å². The molecule has 1 N–H and O–H groups in total. The summed E-state index contributed by atoms with van der Waals surface area (Å²) in [6.45, 7) is 0. The number of pyridine rings is 1. The van der Waals surface area contributed by atoms with Crippen molar-refractivity contribution >= 4 is 34.1 Å². The first kappa shape index (κ1) is 8.60. The number of hydrogen-bond donors (Lipinski definition) is 1. The number of halogens is 2. The van der Waals surface area contributed by atoms with E-state index in [-0.39, 0.29) is 5.75 Å². The van der Waals surface area contributed by atoms with Crippen LogP contribution in [0.4, 0.5) is 0 Å². The van der Waals surface area contributed by atoms with Crippen molar-refractivity contribution in [2.75, 3.05) is 0 Å². The van der Waals surface area contributed by atoms with Crippen LogP contribution in [0.3, 0.4) is 0 Å². The van der Waals surface area contributed by atoms with Crippen LogP contribution in [0.5, 0.6) is 5.75 Å². The van der Waals surface area contributed by atoms with Crippen molar-refractivity contribution in [3.63, 3.8) is 0 Å². The molecule has 0 aliphatic rings. The van der Waals surface area contributed by atoms with Crippen LogP contribution < -0.4 is 0 Å². The average molecular weight is 214 g/mol. The van der Waals surface area contributed by atoms with Gasteiger partial charge in [0.25, 0.3) is 0 Å². The van der Waals surface area contributed by atoms with E-state index in [0.29, 0.717) is 20.9 Å². The van der Waals surface area contributed by atoms with E-state index in [0.717, 1.165) is 0 Å². The van der Waals surface area contributed by atoms with Gasteiger partial charge in [-0.25, -0.2) is 0 Å². The third-order valence-corrected chi connectivity index (χ3v) is 2.37. The van der Waals surface area contributed by atoms with E-state index < -0.39 is 0 Å². The molecule has 1 heterocycles. The molecule has 0 bridgehead atoms. The molecule has 13 heavy (non-hydrogen) atoms. The third kappa shape index (κ3) is 1.43. The van der Waals surface area contributed by atoms with Gasteiger partial charge in [-0.15, -0.1) is 0 Å². The molecule has 0 saturated carbocycles. The maximum absolute atomic E-state index is 9.18. The molecule has 0 atom stereocenters. The molecule has 0 radical (unpaired) electrons. The molecule has 0 fully saturated rings. The van der Waals surface area contributed by atoms with Gasteiger partial charge in [0.15, 0.2) is 0 Å². The third-order valence-electron chi connectivity index (χ3n) is 1.73. The second-order valence-corrected chi connectivity index (χ2v) is 3.43. The molecule has 2 aromatic rings. The maximum atomic E-state index is 9.18. The largest absolute Gasteiger partial charge is 0.506 e. The van der Waals surface area contributed by atoms with Gasteiger partial charge in [0.2, 0.25) is 0 Å². The van der Waals surface area contributed by atoms with E-state index in [1.807, 2.05) is 0 Å². The zero-order valence-electron chi connectivity index (χ0n) is 6.46. The van der Waals surface area contributed by atoms with Crippen LogP contribution in [-0.4, -0.2) is 10.1 Å². The maximum Gasteiger partial charge on any atom is 0.134 e. The predicted octanol–water partition coefficient (Wildman–Crippen LogP) is 3.25. The molecule has 2 nitrogen and oxygen atoms in total. The summed E-state index contributed by atoms with van der Waals surface area (Å²) in [5.41, 5.74) is 0.604. The van der Waals surface area contributed by atoms with Gasteiger partial charge in [-0.05, 0) is 18.2 Å². The first-order valence-corrected chi connectivity index (χ1v) is 4.37. The minimum Gasteiger partial charge on any atom is -0.506 e. The number of aromatic hydroxyl groups is 1. The number of hydrogen-bond acceptors (Lipinski definition) is 2. The van der Waals surface area contributed by atoms with Gasteiger partial charge < -0.3 is 5.11 Å².